The zero-order valence-corrected chi connectivity index (χ0v) is 11.5. The zero-order chi connectivity index (χ0) is 14.0. The molecule has 1 aromatic heterocycles. The Morgan fingerprint density at radius 1 is 1.47 bits per heavy atom. The first-order valence-electron chi connectivity index (χ1n) is 5.52. The minimum Gasteiger partial charge on any atom is -0.303 e. The molecular formula is C9H13N2O6PS. The van der Waals surface area contributed by atoms with Gasteiger partial charge in [0.1, 0.15) is 0 Å². The van der Waals surface area contributed by atoms with Crippen LogP contribution in [0.15, 0.2) is 21.9 Å². The summed E-state index contributed by atoms with van der Waals surface area (Å²) in [6.45, 7) is -0.0659. The highest BCUT2D eigenvalue weighted by molar-refractivity contribution is 8.00. The van der Waals surface area contributed by atoms with Crippen molar-refractivity contribution in [2.24, 2.45) is 0 Å². The van der Waals surface area contributed by atoms with Crippen LogP contribution in [0.25, 0.3) is 0 Å². The summed E-state index contributed by atoms with van der Waals surface area (Å²) in [5, 5.41) is -0.244. The normalized spacial score (nSPS) is 23.7. The molecule has 0 radical (unpaired) electrons. The van der Waals surface area contributed by atoms with Crippen molar-refractivity contribution >= 4 is 19.6 Å². The van der Waals surface area contributed by atoms with Crippen molar-refractivity contribution in [3.05, 3.63) is 33.1 Å². The molecule has 3 N–H and O–H groups in total. The highest BCUT2D eigenvalue weighted by Crippen LogP contribution is 2.43. The quantitative estimate of drug-likeness (QED) is 0.671. The summed E-state index contributed by atoms with van der Waals surface area (Å²) in [6.07, 6.45) is 2.78. The minimum atomic E-state index is -4.46. The maximum atomic E-state index is 11.6. The fourth-order valence-electron chi connectivity index (χ4n) is 1.85. The van der Waals surface area contributed by atoms with Crippen LogP contribution in [0.3, 0.4) is 0 Å². The number of aromatic amines is 1. The second kappa shape index (κ2) is 5.64. The molecule has 106 valence electrons. The van der Waals surface area contributed by atoms with Crippen molar-refractivity contribution in [3.63, 3.8) is 0 Å². The van der Waals surface area contributed by atoms with Crippen LogP contribution < -0.4 is 11.2 Å². The Labute approximate surface area is 112 Å². The molecule has 1 aromatic rings. The Bertz CT molecular complexity index is 607. The summed E-state index contributed by atoms with van der Waals surface area (Å²) >= 11 is 1.40. The van der Waals surface area contributed by atoms with E-state index in [-0.39, 0.29) is 17.2 Å². The van der Waals surface area contributed by atoms with E-state index in [1.165, 1.54) is 28.6 Å². The van der Waals surface area contributed by atoms with Crippen molar-refractivity contribution in [2.75, 3.05) is 6.61 Å². The summed E-state index contributed by atoms with van der Waals surface area (Å²) in [4.78, 5) is 42.0. The van der Waals surface area contributed by atoms with Gasteiger partial charge in [-0.3, -0.25) is 18.9 Å². The van der Waals surface area contributed by atoms with Crippen LogP contribution in [0.5, 0.6) is 0 Å². The number of hydrogen-bond donors (Lipinski definition) is 3. The van der Waals surface area contributed by atoms with Gasteiger partial charge in [0.05, 0.1) is 12.0 Å². The maximum Gasteiger partial charge on any atom is 0.469 e. The van der Waals surface area contributed by atoms with E-state index < -0.39 is 19.1 Å². The van der Waals surface area contributed by atoms with Gasteiger partial charge < -0.3 is 9.79 Å². The van der Waals surface area contributed by atoms with E-state index in [1.54, 1.807) is 0 Å². The monoisotopic (exact) mass is 308 g/mol. The SMILES string of the molecule is O=c1ccn([C@H]2CC[C@@H](COP(=O)(O)O)S2)c(=O)[nH]1. The number of rotatable bonds is 4. The molecule has 1 aliphatic heterocycles. The first kappa shape index (κ1) is 14.5. The van der Waals surface area contributed by atoms with E-state index in [0.29, 0.717) is 12.8 Å². The summed E-state index contributed by atoms with van der Waals surface area (Å²) in [5.74, 6) is 0. The smallest absolute Gasteiger partial charge is 0.303 e. The summed E-state index contributed by atoms with van der Waals surface area (Å²) in [7, 11) is -4.46. The summed E-state index contributed by atoms with van der Waals surface area (Å²) < 4.78 is 16.5. The van der Waals surface area contributed by atoms with Crippen molar-refractivity contribution in [2.45, 2.75) is 23.5 Å². The largest absolute Gasteiger partial charge is 0.469 e. The molecule has 0 aliphatic carbocycles. The molecular weight excluding hydrogens is 295 g/mol. The summed E-state index contributed by atoms with van der Waals surface area (Å²) in [5.41, 5.74) is -0.938. The van der Waals surface area contributed by atoms with Crippen LogP contribution in [-0.2, 0) is 9.09 Å². The Hall–Kier alpha value is -0.860. The highest BCUT2D eigenvalue weighted by atomic mass is 32.2. The maximum absolute atomic E-state index is 11.6. The number of nitrogens with one attached hydrogen (secondary N) is 1. The molecule has 2 heterocycles. The van der Waals surface area contributed by atoms with Crippen molar-refractivity contribution in [1.82, 2.24) is 9.55 Å². The molecule has 1 saturated heterocycles. The molecule has 19 heavy (non-hydrogen) atoms. The van der Waals surface area contributed by atoms with E-state index in [1.807, 2.05) is 0 Å². The molecule has 10 heteroatoms. The average molecular weight is 308 g/mol. The summed E-state index contributed by atoms with van der Waals surface area (Å²) in [6, 6.07) is 1.27. The number of H-pyrrole nitrogens is 1. The van der Waals surface area contributed by atoms with E-state index in [4.69, 9.17) is 9.79 Å². The van der Waals surface area contributed by atoms with Crippen LogP contribution in [0.4, 0.5) is 0 Å². The van der Waals surface area contributed by atoms with Crippen molar-refractivity contribution in [1.29, 1.82) is 0 Å². The molecule has 1 fully saturated rings. The number of nitrogens with zero attached hydrogens (tertiary/aromatic N) is 1. The van der Waals surface area contributed by atoms with Gasteiger partial charge in [0.25, 0.3) is 5.56 Å². The lowest BCUT2D eigenvalue weighted by atomic mass is 10.2. The van der Waals surface area contributed by atoms with Crippen LogP contribution >= 0.6 is 19.6 Å². The van der Waals surface area contributed by atoms with Gasteiger partial charge >= 0.3 is 13.5 Å². The molecule has 0 aromatic carbocycles. The molecule has 2 atom stereocenters. The Kier molecular flexibility index (Phi) is 4.32. The van der Waals surface area contributed by atoms with Gasteiger partial charge in [-0.2, -0.15) is 0 Å². The van der Waals surface area contributed by atoms with Crippen molar-refractivity contribution in [3.8, 4) is 0 Å². The van der Waals surface area contributed by atoms with E-state index in [0.717, 1.165) is 0 Å². The molecule has 2 rings (SSSR count). The molecule has 0 spiro atoms. The van der Waals surface area contributed by atoms with Gasteiger partial charge in [0.2, 0.25) is 0 Å². The van der Waals surface area contributed by atoms with Crippen LogP contribution in [-0.4, -0.2) is 31.2 Å². The van der Waals surface area contributed by atoms with Gasteiger partial charge in [-0.15, -0.1) is 11.8 Å². The average Bonchev–Trinajstić information content (AvgIpc) is 2.74. The lowest BCUT2D eigenvalue weighted by Gasteiger charge is -2.14. The Morgan fingerprint density at radius 3 is 2.84 bits per heavy atom. The minimum absolute atomic E-state index is 0.0659. The van der Waals surface area contributed by atoms with E-state index in [9.17, 15) is 14.2 Å². The lowest BCUT2D eigenvalue weighted by Crippen LogP contribution is -2.29. The van der Waals surface area contributed by atoms with Crippen LogP contribution in [0.1, 0.15) is 18.2 Å². The van der Waals surface area contributed by atoms with Gasteiger partial charge in [-0.1, -0.05) is 0 Å². The zero-order valence-electron chi connectivity index (χ0n) is 9.76. The molecule has 0 bridgehead atoms. The predicted octanol–water partition coefficient (Wildman–Crippen LogP) is 0.0401. The van der Waals surface area contributed by atoms with Crippen LogP contribution in [0, 0.1) is 0 Å². The molecule has 0 saturated carbocycles. The third-order valence-corrected chi connectivity index (χ3v) is 4.69. The van der Waals surface area contributed by atoms with Crippen LogP contribution in [0.2, 0.25) is 0 Å². The highest BCUT2D eigenvalue weighted by Gasteiger charge is 2.29. The topological polar surface area (TPSA) is 122 Å². The number of phosphoric acid groups is 1. The van der Waals surface area contributed by atoms with Gasteiger partial charge in [-0.25, -0.2) is 9.36 Å². The molecule has 1 aliphatic rings. The molecule has 0 unspecified atom stereocenters. The second-order valence-corrected chi connectivity index (χ2v) is 6.82. The lowest BCUT2D eigenvalue weighted by molar-refractivity contribution is 0.197. The second-order valence-electron chi connectivity index (χ2n) is 4.09. The Balaban J connectivity index is 2.00. The van der Waals surface area contributed by atoms with Crippen molar-refractivity contribution < 1.29 is 18.9 Å². The first-order chi connectivity index (χ1) is 8.85. The third kappa shape index (κ3) is 4.05. The standard InChI is InChI=1S/C9H13N2O6PS/c12-7-3-4-11(9(13)10-7)8-2-1-6(19-8)5-17-18(14,15)16/h3-4,6,8H,1-2,5H2,(H,10,12,13)(H2,14,15,16)/t6-,8+/m0/s1. The number of aromatic nitrogens is 2. The predicted molar refractivity (Wildman–Crippen MR) is 69.0 cm³/mol. The number of phosphoric ester groups is 1. The number of hydrogen-bond acceptors (Lipinski definition) is 5. The third-order valence-electron chi connectivity index (χ3n) is 2.68. The van der Waals surface area contributed by atoms with E-state index >= 15 is 0 Å². The van der Waals surface area contributed by atoms with E-state index in [2.05, 4.69) is 9.51 Å². The van der Waals surface area contributed by atoms with Gasteiger partial charge in [-0.05, 0) is 12.8 Å². The van der Waals surface area contributed by atoms with Gasteiger partial charge in [0.15, 0.2) is 0 Å². The fourth-order valence-corrected chi connectivity index (χ4v) is 3.76. The Morgan fingerprint density at radius 2 is 2.21 bits per heavy atom. The number of thioether (sulfide) groups is 1. The fraction of sp³-hybridized carbons (Fsp3) is 0.556. The molecule has 8 nitrogen and oxygen atoms in total. The van der Waals surface area contributed by atoms with Gasteiger partial charge in [0, 0.05) is 17.5 Å². The molecule has 0 amide bonds. The first-order valence-corrected chi connectivity index (χ1v) is 7.99.